The van der Waals surface area contributed by atoms with Gasteiger partial charge in [0.05, 0.1) is 16.1 Å². The van der Waals surface area contributed by atoms with Crippen LogP contribution in [-0.2, 0) is 9.84 Å². The first-order valence-electron chi connectivity index (χ1n) is 7.11. The summed E-state index contributed by atoms with van der Waals surface area (Å²) in [7, 11) is -3.45. The molecule has 128 valence electrons. The summed E-state index contributed by atoms with van der Waals surface area (Å²) in [5.41, 5.74) is -0.0329. The zero-order valence-corrected chi connectivity index (χ0v) is 13.8. The predicted molar refractivity (Wildman–Crippen MR) is 88.3 cm³/mol. The molecule has 0 aliphatic heterocycles. The van der Waals surface area contributed by atoms with Gasteiger partial charge in [0.15, 0.2) is 21.5 Å². The Hall–Kier alpha value is -2.87. The van der Waals surface area contributed by atoms with E-state index in [1.54, 1.807) is 0 Å². The molecular formula is C17H12F2N2O3S. The molecule has 0 fully saturated rings. The highest BCUT2D eigenvalue weighted by atomic mass is 32.2. The fourth-order valence-electron chi connectivity index (χ4n) is 2.33. The van der Waals surface area contributed by atoms with Crippen molar-refractivity contribution in [3.8, 4) is 16.8 Å². The van der Waals surface area contributed by atoms with Crippen molar-refractivity contribution >= 4 is 9.84 Å². The van der Waals surface area contributed by atoms with E-state index in [4.69, 9.17) is 0 Å². The number of hydrogen-bond donors (Lipinski definition) is 0. The largest absolute Gasteiger partial charge is 0.279 e. The second-order valence-electron chi connectivity index (χ2n) is 5.36. The lowest BCUT2D eigenvalue weighted by Gasteiger charge is -2.08. The number of aromatic nitrogens is 2. The van der Waals surface area contributed by atoms with Gasteiger partial charge >= 0.3 is 0 Å². The van der Waals surface area contributed by atoms with Crippen molar-refractivity contribution < 1.29 is 17.2 Å². The van der Waals surface area contributed by atoms with Gasteiger partial charge in [0.1, 0.15) is 0 Å². The molecule has 0 bridgehead atoms. The number of hydrogen-bond acceptors (Lipinski definition) is 4. The molecule has 0 spiro atoms. The SMILES string of the molecule is CS(=O)(=O)c1cccc(-n2nccc(-c3ccc(F)c(F)c3)c2=O)c1. The third-order valence-corrected chi connectivity index (χ3v) is 4.68. The van der Waals surface area contributed by atoms with Gasteiger partial charge in [0.2, 0.25) is 0 Å². The quantitative estimate of drug-likeness (QED) is 0.718. The van der Waals surface area contributed by atoms with Crippen LogP contribution < -0.4 is 5.56 Å². The highest BCUT2D eigenvalue weighted by Gasteiger charge is 2.13. The van der Waals surface area contributed by atoms with Gasteiger partial charge in [-0.25, -0.2) is 17.2 Å². The summed E-state index contributed by atoms with van der Waals surface area (Å²) in [4.78, 5) is 12.7. The van der Waals surface area contributed by atoms with E-state index in [1.807, 2.05) is 0 Å². The second-order valence-corrected chi connectivity index (χ2v) is 7.38. The Morgan fingerprint density at radius 2 is 1.76 bits per heavy atom. The van der Waals surface area contributed by atoms with Crippen LogP contribution in [0.2, 0.25) is 0 Å². The van der Waals surface area contributed by atoms with E-state index < -0.39 is 27.0 Å². The molecule has 25 heavy (non-hydrogen) atoms. The summed E-state index contributed by atoms with van der Waals surface area (Å²) in [6, 6.07) is 10.3. The maximum atomic E-state index is 13.4. The van der Waals surface area contributed by atoms with Crippen LogP contribution in [0.25, 0.3) is 16.8 Å². The first kappa shape index (κ1) is 17.0. The number of rotatable bonds is 3. The van der Waals surface area contributed by atoms with Crippen LogP contribution in [0.15, 0.2) is 64.4 Å². The van der Waals surface area contributed by atoms with Crippen LogP contribution in [0.4, 0.5) is 8.78 Å². The molecule has 0 aliphatic rings. The smallest absolute Gasteiger partial charge is 0.267 e. The third-order valence-electron chi connectivity index (χ3n) is 3.57. The lowest BCUT2D eigenvalue weighted by molar-refractivity contribution is 0.509. The number of halogens is 2. The van der Waals surface area contributed by atoms with E-state index in [0.29, 0.717) is 0 Å². The van der Waals surface area contributed by atoms with Gasteiger partial charge in [-0.05, 0) is 42.0 Å². The molecule has 0 amide bonds. The standard InChI is InChI=1S/C17H12F2N2O3S/c1-25(23,24)13-4-2-3-12(10-13)21-17(22)14(7-8-20-21)11-5-6-15(18)16(19)9-11/h2-10H,1H3. The summed E-state index contributed by atoms with van der Waals surface area (Å²) < 4.78 is 50.9. The molecule has 3 rings (SSSR count). The highest BCUT2D eigenvalue weighted by molar-refractivity contribution is 7.90. The zero-order chi connectivity index (χ0) is 18.2. The van der Waals surface area contributed by atoms with Gasteiger partial charge in [0.25, 0.3) is 5.56 Å². The Labute approximate surface area is 142 Å². The summed E-state index contributed by atoms with van der Waals surface area (Å²) in [6.45, 7) is 0. The van der Waals surface area contributed by atoms with Crippen molar-refractivity contribution in [3.63, 3.8) is 0 Å². The van der Waals surface area contributed by atoms with Crippen molar-refractivity contribution in [2.45, 2.75) is 4.90 Å². The lowest BCUT2D eigenvalue weighted by atomic mass is 10.1. The Bertz CT molecular complexity index is 1120. The molecular weight excluding hydrogens is 350 g/mol. The highest BCUT2D eigenvalue weighted by Crippen LogP contribution is 2.19. The molecule has 0 saturated carbocycles. The average molecular weight is 362 g/mol. The maximum Gasteiger partial charge on any atom is 0.279 e. The molecule has 5 nitrogen and oxygen atoms in total. The minimum absolute atomic E-state index is 0.0388. The van der Waals surface area contributed by atoms with Gasteiger partial charge in [-0.1, -0.05) is 12.1 Å². The molecule has 0 aliphatic carbocycles. The molecule has 0 unspecified atom stereocenters. The number of sulfone groups is 1. The van der Waals surface area contributed by atoms with Crippen molar-refractivity contribution in [1.29, 1.82) is 0 Å². The van der Waals surface area contributed by atoms with E-state index in [2.05, 4.69) is 5.10 Å². The van der Waals surface area contributed by atoms with Gasteiger partial charge in [0, 0.05) is 12.5 Å². The molecule has 0 saturated heterocycles. The number of benzene rings is 2. The van der Waals surface area contributed by atoms with Crippen molar-refractivity contribution in [2.75, 3.05) is 6.26 Å². The Balaban J connectivity index is 2.17. The summed E-state index contributed by atoms with van der Waals surface area (Å²) in [5.74, 6) is -2.08. The average Bonchev–Trinajstić information content (AvgIpc) is 2.57. The van der Waals surface area contributed by atoms with Crippen molar-refractivity contribution in [3.05, 3.63) is 76.7 Å². The van der Waals surface area contributed by atoms with E-state index in [0.717, 1.165) is 23.1 Å². The Morgan fingerprint density at radius 1 is 1.00 bits per heavy atom. The summed E-state index contributed by atoms with van der Waals surface area (Å²) >= 11 is 0. The summed E-state index contributed by atoms with van der Waals surface area (Å²) in [5, 5.41) is 3.94. The molecule has 1 aromatic heterocycles. The fourth-order valence-corrected chi connectivity index (χ4v) is 2.99. The normalized spacial score (nSPS) is 11.5. The van der Waals surface area contributed by atoms with Gasteiger partial charge in [-0.2, -0.15) is 9.78 Å². The fraction of sp³-hybridized carbons (Fsp3) is 0.0588. The predicted octanol–water partition coefficient (Wildman–Crippen LogP) is 2.58. The van der Waals surface area contributed by atoms with Gasteiger partial charge in [-0.3, -0.25) is 4.79 Å². The second kappa shape index (κ2) is 6.21. The Morgan fingerprint density at radius 3 is 2.44 bits per heavy atom. The first-order valence-corrected chi connectivity index (χ1v) is 9.01. The molecule has 1 heterocycles. The van der Waals surface area contributed by atoms with Crippen LogP contribution in [0.3, 0.4) is 0 Å². The monoisotopic (exact) mass is 362 g/mol. The lowest BCUT2D eigenvalue weighted by Crippen LogP contribution is -2.22. The van der Waals surface area contributed by atoms with Crippen LogP contribution in [0.1, 0.15) is 0 Å². The molecule has 2 aromatic carbocycles. The molecule has 0 N–H and O–H groups in total. The van der Waals surface area contributed by atoms with Crippen LogP contribution in [-0.4, -0.2) is 24.5 Å². The van der Waals surface area contributed by atoms with E-state index >= 15 is 0 Å². The van der Waals surface area contributed by atoms with E-state index in [1.165, 1.54) is 42.6 Å². The maximum absolute atomic E-state index is 13.4. The summed E-state index contributed by atoms with van der Waals surface area (Å²) in [6.07, 6.45) is 2.38. The minimum atomic E-state index is -3.45. The first-order chi connectivity index (χ1) is 11.8. The van der Waals surface area contributed by atoms with E-state index in [-0.39, 0.29) is 21.7 Å². The van der Waals surface area contributed by atoms with Crippen LogP contribution >= 0.6 is 0 Å². The molecule has 0 atom stereocenters. The molecule has 8 heteroatoms. The third kappa shape index (κ3) is 3.34. The van der Waals surface area contributed by atoms with E-state index in [9.17, 15) is 22.0 Å². The zero-order valence-electron chi connectivity index (χ0n) is 13.0. The van der Waals surface area contributed by atoms with Crippen LogP contribution in [0.5, 0.6) is 0 Å². The minimum Gasteiger partial charge on any atom is -0.267 e. The molecule has 0 radical (unpaired) electrons. The Kier molecular flexibility index (Phi) is 4.22. The van der Waals surface area contributed by atoms with Gasteiger partial charge in [-0.15, -0.1) is 0 Å². The topological polar surface area (TPSA) is 69.0 Å². The number of nitrogens with zero attached hydrogens (tertiary/aromatic N) is 2. The van der Waals surface area contributed by atoms with Gasteiger partial charge < -0.3 is 0 Å². The van der Waals surface area contributed by atoms with Crippen LogP contribution in [0, 0.1) is 11.6 Å². The molecule has 3 aromatic rings. The van der Waals surface area contributed by atoms with Crippen molar-refractivity contribution in [2.24, 2.45) is 0 Å². The van der Waals surface area contributed by atoms with Crippen molar-refractivity contribution in [1.82, 2.24) is 9.78 Å².